The van der Waals surface area contributed by atoms with E-state index in [9.17, 15) is 4.79 Å². The lowest BCUT2D eigenvalue weighted by atomic mass is 10.1. The van der Waals surface area contributed by atoms with Crippen LogP contribution in [0.25, 0.3) is 10.9 Å². The summed E-state index contributed by atoms with van der Waals surface area (Å²) in [4.78, 5) is 15.4. The molecule has 1 amide bonds. The fraction of sp³-hybridized carbons (Fsp3) is 0.357. The van der Waals surface area contributed by atoms with E-state index >= 15 is 0 Å². The number of H-pyrrole nitrogens is 1. The van der Waals surface area contributed by atoms with Gasteiger partial charge in [-0.1, -0.05) is 18.2 Å². The first kappa shape index (κ1) is 12.6. The van der Waals surface area contributed by atoms with Crippen molar-refractivity contribution >= 4 is 16.8 Å². The molecule has 0 radical (unpaired) electrons. The SMILES string of the molecule is Cc1[nH]c2c(C)cccc2c1C(=O)NCCCN. The number of hydrogen-bond donors (Lipinski definition) is 3. The van der Waals surface area contributed by atoms with Crippen LogP contribution in [0.2, 0.25) is 0 Å². The molecular formula is C14H19N3O. The van der Waals surface area contributed by atoms with Crippen LogP contribution in [-0.4, -0.2) is 24.0 Å². The monoisotopic (exact) mass is 245 g/mol. The highest BCUT2D eigenvalue weighted by atomic mass is 16.1. The number of nitrogens with two attached hydrogens (primary N) is 1. The molecule has 0 atom stereocenters. The Kier molecular flexibility index (Phi) is 3.67. The lowest BCUT2D eigenvalue weighted by Crippen LogP contribution is -2.26. The Labute approximate surface area is 107 Å². The molecule has 4 nitrogen and oxygen atoms in total. The molecule has 4 N–H and O–H groups in total. The molecule has 1 heterocycles. The molecule has 0 aliphatic heterocycles. The third-order valence-corrected chi connectivity index (χ3v) is 3.12. The molecular weight excluding hydrogens is 226 g/mol. The van der Waals surface area contributed by atoms with Gasteiger partial charge in [0, 0.05) is 23.1 Å². The van der Waals surface area contributed by atoms with Crippen LogP contribution in [0.5, 0.6) is 0 Å². The van der Waals surface area contributed by atoms with Crippen molar-refractivity contribution in [2.24, 2.45) is 5.73 Å². The summed E-state index contributed by atoms with van der Waals surface area (Å²) in [6.07, 6.45) is 0.798. The van der Waals surface area contributed by atoms with E-state index in [1.807, 2.05) is 32.0 Å². The number of rotatable bonds is 4. The molecule has 0 unspecified atom stereocenters. The smallest absolute Gasteiger partial charge is 0.253 e. The molecule has 96 valence electrons. The topological polar surface area (TPSA) is 70.9 Å². The van der Waals surface area contributed by atoms with Gasteiger partial charge in [-0.15, -0.1) is 0 Å². The maximum atomic E-state index is 12.2. The van der Waals surface area contributed by atoms with Crippen LogP contribution >= 0.6 is 0 Å². The highest BCUT2D eigenvalue weighted by molar-refractivity contribution is 6.08. The molecule has 18 heavy (non-hydrogen) atoms. The number of carbonyl (C=O) groups is 1. The largest absolute Gasteiger partial charge is 0.358 e. The molecule has 0 spiro atoms. The lowest BCUT2D eigenvalue weighted by Gasteiger charge is -2.04. The predicted octanol–water partition coefficient (Wildman–Crippen LogP) is 1.86. The van der Waals surface area contributed by atoms with E-state index in [1.54, 1.807) is 0 Å². The summed E-state index contributed by atoms with van der Waals surface area (Å²) in [5.41, 5.74) is 9.26. The standard InChI is InChI=1S/C14H19N3O/c1-9-5-3-6-11-12(10(2)17-13(9)11)14(18)16-8-4-7-15/h3,5-6,17H,4,7-8,15H2,1-2H3,(H,16,18). The first-order valence-electron chi connectivity index (χ1n) is 6.21. The third-order valence-electron chi connectivity index (χ3n) is 3.12. The Bertz CT molecular complexity index is 572. The fourth-order valence-corrected chi connectivity index (χ4v) is 2.18. The number of aryl methyl sites for hydroxylation is 2. The van der Waals surface area contributed by atoms with Crippen molar-refractivity contribution in [3.63, 3.8) is 0 Å². The molecule has 1 aromatic heterocycles. The summed E-state index contributed by atoms with van der Waals surface area (Å²) in [7, 11) is 0. The van der Waals surface area contributed by atoms with Gasteiger partial charge >= 0.3 is 0 Å². The number of benzene rings is 1. The summed E-state index contributed by atoms with van der Waals surface area (Å²) in [6.45, 7) is 5.17. The van der Waals surface area contributed by atoms with E-state index in [1.165, 1.54) is 0 Å². The lowest BCUT2D eigenvalue weighted by molar-refractivity contribution is 0.0954. The first-order valence-corrected chi connectivity index (χ1v) is 6.21. The van der Waals surface area contributed by atoms with Crippen LogP contribution in [-0.2, 0) is 0 Å². The van der Waals surface area contributed by atoms with E-state index in [0.717, 1.165) is 34.1 Å². The molecule has 2 rings (SSSR count). The average molecular weight is 245 g/mol. The summed E-state index contributed by atoms with van der Waals surface area (Å²) in [5, 5.41) is 3.88. The van der Waals surface area contributed by atoms with Crippen molar-refractivity contribution < 1.29 is 4.79 Å². The number of carbonyl (C=O) groups excluding carboxylic acids is 1. The Hall–Kier alpha value is -1.81. The zero-order valence-corrected chi connectivity index (χ0v) is 10.8. The fourth-order valence-electron chi connectivity index (χ4n) is 2.18. The Morgan fingerprint density at radius 3 is 2.89 bits per heavy atom. The van der Waals surface area contributed by atoms with Gasteiger partial charge in [-0.05, 0) is 32.4 Å². The van der Waals surface area contributed by atoms with Gasteiger partial charge in [-0.2, -0.15) is 0 Å². The molecule has 0 saturated carbocycles. The molecule has 0 bridgehead atoms. The van der Waals surface area contributed by atoms with Gasteiger partial charge in [0.05, 0.1) is 5.56 Å². The molecule has 0 aliphatic rings. The number of aromatic nitrogens is 1. The number of amides is 1. The number of hydrogen-bond acceptors (Lipinski definition) is 2. The minimum Gasteiger partial charge on any atom is -0.358 e. The van der Waals surface area contributed by atoms with E-state index in [4.69, 9.17) is 5.73 Å². The Balaban J connectivity index is 2.35. The Morgan fingerprint density at radius 1 is 1.39 bits per heavy atom. The maximum absolute atomic E-state index is 12.2. The van der Waals surface area contributed by atoms with Gasteiger partial charge < -0.3 is 16.0 Å². The van der Waals surface area contributed by atoms with Gasteiger partial charge in [0.2, 0.25) is 0 Å². The van der Waals surface area contributed by atoms with Crippen molar-refractivity contribution in [2.75, 3.05) is 13.1 Å². The maximum Gasteiger partial charge on any atom is 0.253 e. The molecule has 1 aromatic carbocycles. The zero-order chi connectivity index (χ0) is 13.1. The number of aromatic amines is 1. The molecule has 4 heteroatoms. The van der Waals surface area contributed by atoms with E-state index in [0.29, 0.717) is 13.1 Å². The molecule has 0 saturated heterocycles. The third kappa shape index (κ3) is 2.24. The minimum absolute atomic E-state index is 0.0298. The van der Waals surface area contributed by atoms with Crippen LogP contribution in [0.4, 0.5) is 0 Å². The second-order valence-electron chi connectivity index (χ2n) is 4.52. The van der Waals surface area contributed by atoms with Crippen molar-refractivity contribution in [2.45, 2.75) is 20.3 Å². The molecule has 0 fully saturated rings. The predicted molar refractivity (Wildman–Crippen MR) is 73.8 cm³/mol. The highest BCUT2D eigenvalue weighted by Crippen LogP contribution is 2.24. The second-order valence-corrected chi connectivity index (χ2v) is 4.52. The second kappa shape index (κ2) is 5.23. The number of para-hydroxylation sites is 1. The Morgan fingerprint density at radius 2 is 2.17 bits per heavy atom. The van der Waals surface area contributed by atoms with E-state index in [-0.39, 0.29) is 5.91 Å². The van der Waals surface area contributed by atoms with Crippen LogP contribution < -0.4 is 11.1 Å². The minimum atomic E-state index is -0.0298. The van der Waals surface area contributed by atoms with Gasteiger partial charge in [-0.3, -0.25) is 4.79 Å². The average Bonchev–Trinajstić information content (AvgIpc) is 2.67. The van der Waals surface area contributed by atoms with Crippen molar-refractivity contribution in [1.29, 1.82) is 0 Å². The van der Waals surface area contributed by atoms with Gasteiger partial charge in [0.1, 0.15) is 0 Å². The summed E-state index contributed by atoms with van der Waals surface area (Å²) in [6, 6.07) is 5.99. The molecule has 0 aliphatic carbocycles. The van der Waals surface area contributed by atoms with Crippen LogP contribution in [0, 0.1) is 13.8 Å². The number of fused-ring (bicyclic) bond motifs is 1. The van der Waals surface area contributed by atoms with Crippen molar-refractivity contribution in [3.8, 4) is 0 Å². The summed E-state index contributed by atoms with van der Waals surface area (Å²) >= 11 is 0. The van der Waals surface area contributed by atoms with E-state index < -0.39 is 0 Å². The van der Waals surface area contributed by atoms with Crippen molar-refractivity contribution in [1.82, 2.24) is 10.3 Å². The normalized spacial score (nSPS) is 10.8. The van der Waals surface area contributed by atoms with Gasteiger partial charge in [0.25, 0.3) is 5.91 Å². The zero-order valence-electron chi connectivity index (χ0n) is 10.8. The van der Waals surface area contributed by atoms with Crippen LogP contribution in [0.1, 0.15) is 28.0 Å². The quantitative estimate of drug-likeness (QED) is 0.719. The van der Waals surface area contributed by atoms with Gasteiger partial charge in [-0.25, -0.2) is 0 Å². The summed E-state index contributed by atoms with van der Waals surface area (Å²) < 4.78 is 0. The molecule has 2 aromatic rings. The van der Waals surface area contributed by atoms with Crippen LogP contribution in [0.15, 0.2) is 18.2 Å². The first-order chi connectivity index (χ1) is 8.65. The van der Waals surface area contributed by atoms with Crippen LogP contribution in [0.3, 0.4) is 0 Å². The number of nitrogens with one attached hydrogen (secondary N) is 2. The van der Waals surface area contributed by atoms with Crippen molar-refractivity contribution in [3.05, 3.63) is 35.0 Å². The summed E-state index contributed by atoms with van der Waals surface area (Å²) in [5.74, 6) is -0.0298. The highest BCUT2D eigenvalue weighted by Gasteiger charge is 2.15. The van der Waals surface area contributed by atoms with Gasteiger partial charge in [0.15, 0.2) is 0 Å². The van der Waals surface area contributed by atoms with E-state index in [2.05, 4.69) is 10.3 Å².